The Bertz CT molecular complexity index is 907. The van der Waals surface area contributed by atoms with Crippen LogP contribution in [0, 0.1) is 0 Å². The van der Waals surface area contributed by atoms with Crippen molar-refractivity contribution < 1.29 is 10.2 Å². The molecule has 3 rings (SSSR count). The van der Waals surface area contributed by atoms with E-state index >= 15 is 0 Å². The highest BCUT2D eigenvalue weighted by atomic mass is 16.3. The second-order valence-electron chi connectivity index (χ2n) is 5.44. The van der Waals surface area contributed by atoms with Gasteiger partial charge in [0.2, 0.25) is 0 Å². The third-order valence-corrected chi connectivity index (χ3v) is 4.16. The van der Waals surface area contributed by atoms with Gasteiger partial charge in [0.1, 0.15) is 11.5 Å². The van der Waals surface area contributed by atoms with Crippen LogP contribution in [0.2, 0.25) is 0 Å². The number of phenolic OH excluding ortho intramolecular Hbond substituents is 2. The van der Waals surface area contributed by atoms with E-state index in [1.54, 1.807) is 24.3 Å². The third kappa shape index (κ3) is 2.59. The van der Waals surface area contributed by atoms with Gasteiger partial charge >= 0.3 is 0 Å². The van der Waals surface area contributed by atoms with Gasteiger partial charge in [-0.3, -0.25) is 0 Å². The van der Waals surface area contributed by atoms with Crippen LogP contribution in [0.15, 0.2) is 61.7 Å². The Balaban J connectivity index is 2.22. The van der Waals surface area contributed by atoms with E-state index in [0.717, 1.165) is 33.0 Å². The second kappa shape index (κ2) is 6.01. The molecule has 3 aromatic rings. The minimum absolute atomic E-state index is 0.192. The number of aromatic hydroxyl groups is 2. The molecule has 0 fully saturated rings. The Labute approximate surface area is 135 Å². The smallest absolute Gasteiger partial charge is 0.119 e. The van der Waals surface area contributed by atoms with Crippen LogP contribution in [0.3, 0.4) is 0 Å². The molecule has 0 spiro atoms. The molecule has 0 aliphatic rings. The Morgan fingerprint density at radius 3 is 2.22 bits per heavy atom. The molecular weight excluding hydrogens is 284 g/mol. The van der Waals surface area contributed by atoms with E-state index in [9.17, 15) is 10.2 Å². The highest BCUT2D eigenvalue weighted by Gasteiger charge is 2.14. The number of phenols is 2. The average molecular weight is 302 g/mol. The largest absolute Gasteiger partial charge is 0.508 e. The summed E-state index contributed by atoms with van der Waals surface area (Å²) in [7, 11) is 0. The van der Waals surface area contributed by atoms with E-state index in [-0.39, 0.29) is 11.5 Å². The molecule has 23 heavy (non-hydrogen) atoms. The summed E-state index contributed by atoms with van der Waals surface area (Å²) in [5.41, 5.74) is 3.28. The summed E-state index contributed by atoms with van der Waals surface area (Å²) in [6.07, 6.45) is 3.87. The zero-order valence-corrected chi connectivity index (χ0v) is 12.8. The van der Waals surface area contributed by atoms with Crippen molar-refractivity contribution in [1.29, 1.82) is 0 Å². The van der Waals surface area contributed by atoms with Crippen LogP contribution < -0.4 is 0 Å². The van der Waals surface area contributed by atoms with Crippen molar-refractivity contribution in [3.63, 3.8) is 0 Å². The van der Waals surface area contributed by atoms with Crippen molar-refractivity contribution in [1.82, 2.24) is 0 Å². The highest BCUT2D eigenvalue weighted by Crippen LogP contribution is 2.34. The van der Waals surface area contributed by atoms with Crippen molar-refractivity contribution in [2.75, 3.05) is 0 Å². The van der Waals surface area contributed by atoms with E-state index in [1.807, 2.05) is 36.4 Å². The van der Waals surface area contributed by atoms with Gasteiger partial charge in [-0.1, -0.05) is 61.7 Å². The number of hydrogen-bond donors (Lipinski definition) is 2. The molecular formula is C21H18O2. The summed E-state index contributed by atoms with van der Waals surface area (Å²) in [5, 5.41) is 22.7. The number of benzene rings is 3. The SMILES string of the molecule is C=Cc1ccc(O)c(Cc2c(O)ccc3ccccc23)c1C=C. The molecule has 114 valence electrons. The molecule has 0 amide bonds. The molecule has 0 radical (unpaired) electrons. The molecule has 2 heteroatoms. The fourth-order valence-corrected chi connectivity index (χ4v) is 2.96. The van der Waals surface area contributed by atoms with Crippen LogP contribution in [0.4, 0.5) is 0 Å². The van der Waals surface area contributed by atoms with Crippen molar-refractivity contribution in [3.8, 4) is 11.5 Å². The monoisotopic (exact) mass is 302 g/mol. The molecule has 0 atom stereocenters. The van der Waals surface area contributed by atoms with Gasteiger partial charge in [0, 0.05) is 17.5 Å². The average Bonchev–Trinajstić information content (AvgIpc) is 2.58. The quantitative estimate of drug-likeness (QED) is 0.701. The van der Waals surface area contributed by atoms with Crippen LogP contribution >= 0.6 is 0 Å². The van der Waals surface area contributed by atoms with E-state index in [0.29, 0.717) is 6.42 Å². The van der Waals surface area contributed by atoms with E-state index in [1.165, 1.54) is 0 Å². The van der Waals surface area contributed by atoms with Crippen molar-refractivity contribution in [2.45, 2.75) is 6.42 Å². The van der Waals surface area contributed by atoms with E-state index < -0.39 is 0 Å². The number of hydrogen-bond acceptors (Lipinski definition) is 2. The molecule has 2 N–H and O–H groups in total. The van der Waals surface area contributed by atoms with Gasteiger partial charge in [-0.25, -0.2) is 0 Å². The maximum absolute atomic E-state index is 10.3. The molecule has 0 unspecified atom stereocenters. The first-order chi connectivity index (χ1) is 11.2. The summed E-state index contributed by atoms with van der Waals surface area (Å²) >= 11 is 0. The van der Waals surface area contributed by atoms with Crippen LogP contribution in [-0.4, -0.2) is 10.2 Å². The fraction of sp³-hybridized carbons (Fsp3) is 0.0476. The summed E-state index contributed by atoms with van der Waals surface area (Å²) < 4.78 is 0. The van der Waals surface area contributed by atoms with Crippen molar-refractivity contribution >= 4 is 22.9 Å². The second-order valence-corrected chi connectivity index (χ2v) is 5.44. The lowest BCUT2D eigenvalue weighted by Gasteiger charge is -2.14. The fourth-order valence-electron chi connectivity index (χ4n) is 2.96. The lowest BCUT2D eigenvalue weighted by molar-refractivity contribution is 0.463. The first-order valence-electron chi connectivity index (χ1n) is 7.45. The molecule has 0 saturated carbocycles. The van der Waals surface area contributed by atoms with Crippen LogP contribution in [0.1, 0.15) is 22.3 Å². The van der Waals surface area contributed by atoms with Crippen molar-refractivity contribution in [3.05, 3.63) is 83.9 Å². The minimum Gasteiger partial charge on any atom is -0.508 e. The first kappa shape index (κ1) is 14.9. The lowest BCUT2D eigenvalue weighted by atomic mass is 9.92. The zero-order valence-electron chi connectivity index (χ0n) is 12.8. The van der Waals surface area contributed by atoms with Crippen LogP contribution in [-0.2, 0) is 6.42 Å². The molecule has 0 aliphatic heterocycles. The number of fused-ring (bicyclic) bond motifs is 1. The standard InChI is InChI=1S/C21H18O2/c1-3-14-9-11-20(22)18(16(14)4-2)13-19-17-8-6-5-7-15(17)10-12-21(19)23/h3-12,22-23H,1-2,13H2. The normalized spacial score (nSPS) is 10.6. The van der Waals surface area contributed by atoms with Crippen LogP contribution in [0.5, 0.6) is 11.5 Å². The first-order valence-corrected chi connectivity index (χ1v) is 7.45. The lowest BCUT2D eigenvalue weighted by Crippen LogP contribution is -1.97. The highest BCUT2D eigenvalue weighted by molar-refractivity contribution is 5.88. The molecule has 0 saturated heterocycles. The van der Waals surface area contributed by atoms with Gasteiger partial charge < -0.3 is 10.2 Å². The molecule has 0 aliphatic carbocycles. The van der Waals surface area contributed by atoms with Gasteiger partial charge in [-0.05, 0) is 34.0 Å². The van der Waals surface area contributed by atoms with Gasteiger partial charge in [-0.15, -0.1) is 0 Å². The Kier molecular flexibility index (Phi) is 3.90. The molecule has 0 aromatic heterocycles. The number of rotatable bonds is 4. The molecule has 0 heterocycles. The third-order valence-electron chi connectivity index (χ3n) is 4.16. The zero-order chi connectivity index (χ0) is 16.4. The Morgan fingerprint density at radius 1 is 0.783 bits per heavy atom. The maximum Gasteiger partial charge on any atom is 0.119 e. The van der Waals surface area contributed by atoms with Gasteiger partial charge in [0.15, 0.2) is 0 Å². The maximum atomic E-state index is 10.3. The minimum atomic E-state index is 0.192. The summed E-state index contributed by atoms with van der Waals surface area (Å²) in [6, 6.07) is 14.9. The topological polar surface area (TPSA) is 40.5 Å². The van der Waals surface area contributed by atoms with E-state index in [4.69, 9.17) is 0 Å². The molecule has 3 aromatic carbocycles. The Hall–Kier alpha value is -3.00. The van der Waals surface area contributed by atoms with E-state index in [2.05, 4.69) is 13.2 Å². The summed E-state index contributed by atoms with van der Waals surface area (Å²) in [5.74, 6) is 0.417. The predicted molar refractivity (Wildman–Crippen MR) is 96.7 cm³/mol. The summed E-state index contributed by atoms with van der Waals surface area (Å²) in [4.78, 5) is 0. The van der Waals surface area contributed by atoms with Crippen molar-refractivity contribution in [2.24, 2.45) is 0 Å². The Morgan fingerprint density at radius 2 is 1.48 bits per heavy atom. The predicted octanol–water partition coefficient (Wildman–Crippen LogP) is 5.13. The van der Waals surface area contributed by atoms with Crippen LogP contribution in [0.25, 0.3) is 22.9 Å². The summed E-state index contributed by atoms with van der Waals surface area (Å²) in [6.45, 7) is 7.65. The molecule has 2 nitrogen and oxygen atoms in total. The molecule has 0 bridgehead atoms. The van der Waals surface area contributed by atoms with Gasteiger partial charge in [0.25, 0.3) is 0 Å². The van der Waals surface area contributed by atoms with Gasteiger partial charge in [0.05, 0.1) is 0 Å². The van der Waals surface area contributed by atoms with Gasteiger partial charge in [-0.2, -0.15) is 0 Å².